The van der Waals surface area contributed by atoms with Gasteiger partial charge in [-0.1, -0.05) is 6.92 Å². The number of hydrogen-bond donors (Lipinski definition) is 2. The smallest absolute Gasteiger partial charge is 0.254 e. The molecule has 1 rings (SSSR count). The van der Waals surface area contributed by atoms with Crippen LogP contribution >= 0.6 is 0 Å². The molecule has 16 heavy (non-hydrogen) atoms. The molecular weight excluding hydrogens is 204 g/mol. The minimum Gasteiger partial charge on any atom is -0.469 e. The third kappa shape index (κ3) is 3.70. The highest BCUT2D eigenvalue weighted by molar-refractivity contribution is 5.95. The van der Waals surface area contributed by atoms with Gasteiger partial charge in [0.2, 0.25) is 0 Å². The Labute approximate surface area is 96.2 Å². The zero-order valence-corrected chi connectivity index (χ0v) is 9.95. The van der Waals surface area contributed by atoms with Crippen molar-refractivity contribution in [1.82, 2.24) is 5.32 Å². The van der Waals surface area contributed by atoms with Crippen LogP contribution in [0.2, 0.25) is 0 Å². The number of nitrogens with one attached hydrogen (secondary N) is 1. The summed E-state index contributed by atoms with van der Waals surface area (Å²) in [7, 11) is 0. The van der Waals surface area contributed by atoms with Crippen LogP contribution in [0.4, 0.5) is 0 Å². The molecule has 4 nitrogen and oxygen atoms in total. The van der Waals surface area contributed by atoms with Crippen LogP contribution < -0.4 is 11.1 Å². The van der Waals surface area contributed by atoms with Crippen molar-refractivity contribution in [3.63, 3.8) is 0 Å². The van der Waals surface area contributed by atoms with Crippen molar-refractivity contribution in [3.05, 3.63) is 23.7 Å². The van der Waals surface area contributed by atoms with Gasteiger partial charge in [-0.3, -0.25) is 4.79 Å². The molecule has 3 N–H and O–H groups in total. The largest absolute Gasteiger partial charge is 0.469 e. The van der Waals surface area contributed by atoms with Gasteiger partial charge in [0.1, 0.15) is 5.76 Å². The number of rotatable bonds is 6. The minimum atomic E-state index is -0.0599. The molecule has 1 amide bonds. The van der Waals surface area contributed by atoms with Crippen molar-refractivity contribution in [2.45, 2.75) is 39.2 Å². The van der Waals surface area contributed by atoms with Gasteiger partial charge < -0.3 is 15.5 Å². The Hall–Kier alpha value is -1.29. The van der Waals surface area contributed by atoms with Gasteiger partial charge in [0.15, 0.2) is 0 Å². The highest BCUT2D eigenvalue weighted by Crippen LogP contribution is 2.10. The molecule has 0 fully saturated rings. The molecular formula is C12H20N2O2. The second-order valence-corrected chi connectivity index (χ2v) is 3.99. The normalized spacial score (nSPS) is 12.4. The molecule has 1 aromatic rings. The first-order valence-electron chi connectivity index (χ1n) is 5.75. The SMILES string of the molecule is CCc1occc1C(=O)NCCCC(C)N. The second-order valence-electron chi connectivity index (χ2n) is 3.99. The second kappa shape index (κ2) is 6.33. The third-order valence-electron chi connectivity index (χ3n) is 2.43. The highest BCUT2D eigenvalue weighted by atomic mass is 16.3. The molecule has 1 aromatic heterocycles. The molecule has 0 saturated heterocycles. The van der Waals surface area contributed by atoms with Crippen LogP contribution in [0.25, 0.3) is 0 Å². The lowest BCUT2D eigenvalue weighted by molar-refractivity contribution is 0.0951. The Morgan fingerprint density at radius 1 is 1.62 bits per heavy atom. The third-order valence-corrected chi connectivity index (χ3v) is 2.43. The number of aryl methyl sites for hydroxylation is 1. The zero-order chi connectivity index (χ0) is 12.0. The van der Waals surface area contributed by atoms with E-state index in [4.69, 9.17) is 10.2 Å². The molecule has 0 aliphatic carbocycles. The Morgan fingerprint density at radius 2 is 2.38 bits per heavy atom. The number of carbonyl (C=O) groups excluding carboxylic acids is 1. The lowest BCUT2D eigenvalue weighted by atomic mass is 10.2. The molecule has 1 unspecified atom stereocenters. The first kappa shape index (κ1) is 12.8. The van der Waals surface area contributed by atoms with Gasteiger partial charge in [-0.15, -0.1) is 0 Å². The summed E-state index contributed by atoms with van der Waals surface area (Å²) in [4.78, 5) is 11.7. The molecule has 0 bridgehead atoms. The van der Waals surface area contributed by atoms with E-state index in [9.17, 15) is 4.79 Å². The predicted octanol–water partition coefficient (Wildman–Crippen LogP) is 1.70. The fourth-order valence-corrected chi connectivity index (χ4v) is 1.54. The maximum Gasteiger partial charge on any atom is 0.254 e. The van der Waals surface area contributed by atoms with Gasteiger partial charge in [0, 0.05) is 19.0 Å². The molecule has 1 heterocycles. The average molecular weight is 224 g/mol. The van der Waals surface area contributed by atoms with E-state index in [1.165, 1.54) is 0 Å². The highest BCUT2D eigenvalue weighted by Gasteiger charge is 2.12. The molecule has 0 radical (unpaired) electrons. The van der Waals surface area contributed by atoms with Crippen molar-refractivity contribution in [2.24, 2.45) is 5.73 Å². The number of nitrogens with two attached hydrogens (primary N) is 1. The number of amides is 1. The van der Waals surface area contributed by atoms with Crippen LogP contribution in [0.5, 0.6) is 0 Å². The summed E-state index contributed by atoms with van der Waals surface area (Å²) < 4.78 is 5.20. The van der Waals surface area contributed by atoms with Crippen LogP contribution in [-0.2, 0) is 6.42 Å². The first-order chi connectivity index (χ1) is 7.65. The summed E-state index contributed by atoms with van der Waals surface area (Å²) in [6, 6.07) is 1.90. The van der Waals surface area contributed by atoms with Gasteiger partial charge >= 0.3 is 0 Å². The van der Waals surface area contributed by atoms with Gasteiger partial charge in [-0.05, 0) is 25.8 Å². The summed E-state index contributed by atoms with van der Waals surface area (Å²) in [6.07, 6.45) is 4.11. The van der Waals surface area contributed by atoms with Gasteiger partial charge in [-0.25, -0.2) is 0 Å². The lowest BCUT2D eigenvalue weighted by Crippen LogP contribution is -2.26. The molecule has 4 heteroatoms. The predicted molar refractivity (Wildman–Crippen MR) is 63.3 cm³/mol. The fraction of sp³-hybridized carbons (Fsp3) is 0.583. The Morgan fingerprint density at radius 3 is 3.00 bits per heavy atom. The molecule has 90 valence electrons. The minimum absolute atomic E-state index is 0.0599. The van der Waals surface area contributed by atoms with E-state index in [1.807, 2.05) is 13.8 Å². The van der Waals surface area contributed by atoms with Crippen molar-refractivity contribution in [1.29, 1.82) is 0 Å². The van der Waals surface area contributed by atoms with Gasteiger partial charge in [-0.2, -0.15) is 0 Å². The van der Waals surface area contributed by atoms with Crippen molar-refractivity contribution in [2.75, 3.05) is 6.54 Å². The Bertz CT molecular complexity index is 332. The van der Waals surface area contributed by atoms with Crippen LogP contribution in [0, 0.1) is 0 Å². The molecule has 0 aliphatic rings. The molecule has 1 atom stereocenters. The summed E-state index contributed by atoms with van der Waals surface area (Å²) in [6.45, 7) is 4.59. The summed E-state index contributed by atoms with van der Waals surface area (Å²) in [5, 5.41) is 2.86. The quantitative estimate of drug-likeness (QED) is 0.723. The van der Waals surface area contributed by atoms with Crippen molar-refractivity contribution < 1.29 is 9.21 Å². The van der Waals surface area contributed by atoms with Crippen LogP contribution in [0.15, 0.2) is 16.7 Å². The summed E-state index contributed by atoms with van der Waals surface area (Å²) in [5.41, 5.74) is 6.26. The summed E-state index contributed by atoms with van der Waals surface area (Å²) in [5.74, 6) is 0.681. The van der Waals surface area contributed by atoms with E-state index in [1.54, 1.807) is 12.3 Å². The standard InChI is InChI=1S/C12H20N2O2/c1-3-11-10(6-8-16-11)12(15)14-7-4-5-9(2)13/h6,8-9H,3-5,7,13H2,1-2H3,(H,14,15). The van der Waals surface area contributed by atoms with Crippen LogP contribution in [0.3, 0.4) is 0 Å². The van der Waals surface area contributed by atoms with Gasteiger partial charge in [0.05, 0.1) is 11.8 Å². The molecule has 0 aliphatic heterocycles. The summed E-state index contributed by atoms with van der Waals surface area (Å²) >= 11 is 0. The van der Waals surface area contributed by atoms with Crippen molar-refractivity contribution in [3.8, 4) is 0 Å². The maximum atomic E-state index is 11.7. The number of hydrogen-bond acceptors (Lipinski definition) is 3. The molecule has 0 aromatic carbocycles. The van der Waals surface area contributed by atoms with E-state index in [0.29, 0.717) is 12.1 Å². The van der Waals surface area contributed by atoms with E-state index >= 15 is 0 Å². The van der Waals surface area contributed by atoms with E-state index in [-0.39, 0.29) is 11.9 Å². The number of carbonyl (C=O) groups is 1. The Kier molecular flexibility index (Phi) is 5.05. The first-order valence-corrected chi connectivity index (χ1v) is 5.75. The Balaban J connectivity index is 2.35. The molecule has 0 spiro atoms. The fourth-order valence-electron chi connectivity index (χ4n) is 1.54. The monoisotopic (exact) mass is 224 g/mol. The lowest BCUT2D eigenvalue weighted by Gasteiger charge is -2.06. The van der Waals surface area contributed by atoms with Crippen LogP contribution in [0.1, 0.15) is 42.8 Å². The van der Waals surface area contributed by atoms with E-state index in [0.717, 1.165) is 25.0 Å². The topological polar surface area (TPSA) is 68.3 Å². The zero-order valence-electron chi connectivity index (χ0n) is 9.95. The number of furan rings is 1. The van der Waals surface area contributed by atoms with Gasteiger partial charge in [0.25, 0.3) is 5.91 Å². The van der Waals surface area contributed by atoms with Crippen LogP contribution in [-0.4, -0.2) is 18.5 Å². The maximum absolute atomic E-state index is 11.7. The average Bonchev–Trinajstić information content (AvgIpc) is 2.71. The van der Waals surface area contributed by atoms with Crippen molar-refractivity contribution >= 4 is 5.91 Å². The van der Waals surface area contributed by atoms with E-state index in [2.05, 4.69) is 5.32 Å². The molecule has 0 saturated carbocycles. The van der Waals surface area contributed by atoms with E-state index < -0.39 is 0 Å².